The largest absolute Gasteiger partial charge is 0.396 e. The summed E-state index contributed by atoms with van der Waals surface area (Å²) in [6, 6.07) is 6.98. The summed E-state index contributed by atoms with van der Waals surface area (Å²) < 4.78 is 5.11. The topological polar surface area (TPSA) is 53.0 Å². The van der Waals surface area contributed by atoms with E-state index in [0.29, 0.717) is 29.7 Å². The van der Waals surface area contributed by atoms with E-state index in [9.17, 15) is 9.90 Å². The molecule has 1 aliphatic rings. The second-order valence-corrected chi connectivity index (χ2v) is 7.06. The molecule has 0 saturated carbocycles. The van der Waals surface area contributed by atoms with E-state index in [2.05, 4.69) is 11.9 Å². The lowest BCUT2D eigenvalue weighted by atomic mass is 9.89. The van der Waals surface area contributed by atoms with Gasteiger partial charge in [-0.1, -0.05) is 11.6 Å². The van der Waals surface area contributed by atoms with Gasteiger partial charge in [0.2, 0.25) is 0 Å². The number of rotatable bonds is 7. The number of halogens is 1. The van der Waals surface area contributed by atoms with E-state index >= 15 is 0 Å². The lowest BCUT2D eigenvalue weighted by molar-refractivity contribution is 0.0451. The van der Waals surface area contributed by atoms with Crippen LogP contribution in [0.4, 0.5) is 0 Å². The highest BCUT2D eigenvalue weighted by molar-refractivity contribution is 6.30. The maximum atomic E-state index is 12.7. The van der Waals surface area contributed by atoms with Crippen LogP contribution < -0.4 is 0 Å². The molecule has 0 bridgehead atoms. The monoisotopic (exact) mass is 354 g/mol. The van der Waals surface area contributed by atoms with Crippen molar-refractivity contribution in [1.82, 2.24) is 9.80 Å². The van der Waals surface area contributed by atoms with Crippen molar-refractivity contribution in [2.45, 2.75) is 6.42 Å². The Kier molecular flexibility index (Phi) is 7.49. The van der Waals surface area contributed by atoms with Crippen LogP contribution in [0.15, 0.2) is 24.3 Å². The molecule has 1 fully saturated rings. The van der Waals surface area contributed by atoms with Crippen molar-refractivity contribution < 1.29 is 14.6 Å². The molecule has 1 aliphatic heterocycles. The minimum Gasteiger partial charge on any atom is -0.396 e. The Hall–Kier alpha value is -1.14. The van der Waals surface area contributed by atoms with E-state index in [4.69, 9.17) is 16.3 Å². The van der Waals surface area contributed by atoms with Gasteiger partial charge in [0.25, 0.3) is 5.91 Å². The van der Waals surface area contributed by atoms with Crippen LogP contribution in [0.3, 0.4) is 0 Å². The van der Waals surface area contributed by atoms with Gasteiger partial charge < -0.3 is 19.6 Å². The minimum absolute atomic E-state index is 0.00867. The zero-order chi connectivity index (χ0) is 17.5. The van der Waals surface area contributed by atoms with E-state index < -0.39 is 0 Å². The molecule has 6 heteroatoms. The van der Waals surface area contributed by atoms with Crippen LogP contribution >= 0.6 is 11.6 Å². The van der Waals surface area contributed by atoms with Crippen molar-refractivity contribution >= 4 is 17.5 Å². The molecule has 1 heterocycles. The molecule has 0 spiro atoms. The Morgan fingerprint density at radius 2 is 2.00 bits per heavy atom. The molecule has 0 radical (unpaired) electrons. The molecule has 0 aliphatic carbocycles. The highest BCUT2D eigenvalue weighted by atomic mass is 35.5. The quantitative estimate of drug-likeness (QED) is 0.813. The van der Waals surface area contributed by atoms with E-state index in [1.807, 2.05) is 4.90 Å². The second kappa shape index (κ2) is 9.37. The first-order valence-electron chi connectivity index (χ1n) is 8.36. The molecule has 24 heavy (non-hydrogen) atoms. The molecule has 2 atom stereocenters. The Morgan fingerprint density at radius 3 is 2.62 bits per heavy atom. The maximum Gasteiger partial charge on any atom is 0.253 e. The SMILES string of the molecule is COCCN(C)C[C@H]1C[C@H](CO)CN(C(=O)c2ccc(Cl)cc2)C1. The van der Waals surface area contributed by atoms with E-state index in [1.165, 1.54) is 0 Å². The fourth-order valence-electron chi connectivity index (χ4n) is 3.30. The molecule has 1 saturated heterocycles. The summed E-state index contributed by atoms with van der Waals surface area (Å²) in [6.45, 7) is 3.89. The Bertz CT molecular complexity index is 524. The smallest absolute Gasteiger partial charge is 0.253 e. The first-order chi connectivity index (χ1) is 11.5. The Labute approximate surface area is 149 Å². The Balaban J connectivity index is 2.01. The number of nitrogens with zero attached hydrogens (tertiary/aromatic N) is 2. The summed E-state index contributed by atoms with van der Waals surface area (Å²) in [5.74, 6) is 0.499. The van der Waals surface area contributed by atoms with Crippen LogP contribution in [0.1, 0.15) is 16.8 Å². The summed E-state index contributed by atoms with van der Waals surface area (Å²) >= 11 is 5.90. The molecule has 1 aromatic carbocycles. The third-order valence-corrected chi connectivity index (χ3v) is 4.76. The van der Waals surface area contributed by atoms with E-state index in [1.54, 1.807) is 31.4 Å². The van der Waals surface area contributed by atoms with Crippen LogP contribution in [-0.2, 0) is 4.74 Å². The van der Waals surface area contributed by atoms with Gasteiger partial charge in [0.1, 0.15) is 0 Å². The van der Waals surface area contributed by atoms with Crippen LogP contribution in [0.5, 0.6) is 0 Å². The second-order valence-electron chi connectivity index (χ2n) is 6.62. The van der Waals surface area contributed by atoms with Gasteiger partial charge in [0.05, 0.1) is 6.61 Å². The van der Waals surface area contributed by atoms with Crippen molar-refractivity contribution in [3.05, 3.63) is 34.9 Å². The molecule has 0 aromatic heterocycles. The fraction of sp³-hybridized carbons (Fsp3) is 0.611. The van der Waals surface area contributed by atoms with Crippen LogP contribution in [0, 0.1) is 11.8 Å². The van der Waals surface area contributed by atoms with Gasteiger partial charge in [0.15, 0.2) is 0 Å². The molecular formula is C18H27ClN2O3. The van der Waals surface area contributed by atoms with Gasteiger partial charge in [-0.3, -0.25) is 4.79 Å². The zero-order valence-electron chi connectivity index (χ0n) is 14.4. The van der Waals surface area contributed by atoms with Crippen molar-refractivity contribution in [3.63, 3.8) is 0 Å². The minimum atomic E-state index is 0.00867. The number of methoxy groups -OCH3 is 1. The molecule has 1 N–H and O–H groups in total. The van der Waals surface area contributed by atoms with Gasteiger partial charge in [-0.2, -0.15) is 0 Å². The predicted molar refractivity (Wildman–Crippen MR) is 95.4 cm³/mol. The summed E-state index contributed by atoms with van der Waals surface area (Å²) in [5.41, 5.74) is 0.643. The number of carbonyl (C=O) groups is 1. The van der Waals surface area contributed by atoms with Gasteiger partial charge >= 0.3 is 0 Å². The molecule has 2 rings (SSSR count). The third-order valence-electron chi connectivity index (χ3n) is 4.51. The first kappa shape index (κ1) is 19.2. The molecule has 1 amide bonds. The number of likely N-dealkylation sites (N-methyl/N-ethyl adjacent to an activating group) is 1. The fourth-order valence-corrected chi connectivity index (χ4v) is 3.43. The maximum absolute atomic E-state index is 12.7. The van der Waals surface area contributed by atoms with Crippen LogP contribution in [-0.4, -0.2) is 74.4 Å². The highest BCUT2D eigenvalue weighted by Gasteiger charge is 2.30. The lowest BCUT2D eigenvalue weighted by Crippen LogP contribution is -2.47. The summed E-state index contributed by atoms with van der Waals surface area (Å²) in [4.78, 5) is 16.8. The summed E-state index contributed by atoms with van der Waals surface area (Å²) in [5, 5.41) is 10.2. The Morgan fingerprint density at radius 1 is 1.33 bits per heavy atom. The molecule has 0 unspecified atom stereocenters. The molecule has 5 nitrogen and oxygen atoms in total. The van der Waals surface area contributed by atoms with E-state index in [-0.39, 0.29) is 18.4 Å². The number of hydrogen-bond acceptors (Lipinski definition) is 4. The van der Waals surface area contributed by atoms with Crippen molar-refractivity contribution in [2.24, 2.45) is 11.8 Å². The highest BCUT2D eigenvalue weighted by Crippen LogP contribution is 2.24. The van der Waals surface area contributed by atoms with Crippen LogP contribution in [0.25, 0.3) is 0 Å². The number of piperidine rings is 1. The number of likely N-dealkylation sites (tertiary alicyclic amines) is 1. The molecular weight excluding hydrogens is 328 g/mol. The van der Waals surface area contributed by atoms with Crippen molar-refractivity contribution in [1.29, 1.82) is 0 Å². The number of aliphatic hydroxyl groups excluding tert-OH is 1. The van der Waals surface area contributed by atoms with Crippen molar-refractivity contribution in [2.75, 3.05) is 53.6 Å². The summed E-state index contributed by atoms with van der Waals surface area (Å²) in [6.07, 6.45) is 0.943. The lowest BCUT2D eigenvalue weighted by Gasteiger charge is -2.38. The van der Waals surface area contributed by atoms with Crippen LogP contribution in [0.2, 0.25) is 5.02 Å². The van der Waals surface area contributed by atoms with E-state index in [0.717, 1.165) is 26.1 Å². The van der Waals surface area contributed by atoms with Gasteiger partial charge in [-0.25, -0.2) is 0 Å². The van der Waals surface area contributed by atoms with Gasteiger partial charge in [-0.05, 0) is 49.6 Å². The molecule has 134 valence electrons. The number of ether oxygens (including phenoxy) is 1. The zero-order valence-corrected chi connectivity index (χ0v) is 15.2. The number of aliphatic hydroxyl groups is 1. The molecule has 1 aromatic rings. The summed E-state index contributed by atoms with van der Waals surface area (Å²) in [7, 11) is 3.76. The van der Waals surface area contributed by atoms with Gasteiger partial charge in [-0.15, -0.1) is 0 Å². The number of hydrogen-bond donors (Lipinski definition) is 1. The van der Waals surface area contributed by atoms with Gasteiger partial charge in [0, 0.05) is 50.5 Å². The first-order valence-corrected chi connectivity index (χ1v) is 8.74. The number of carbonyl (C=O) groups excluding carboxylic acids is 1. The number of benzene rings is 1. The average Bonchev–Trinajstić information content (AvgIpc) is 2.59. The average molecular weight is 355 g/mol. The predicted octanol–water partition coefficient (Wildman–Crippen LogP) is 1.99. The normalized spacial score (nSPS) is 21.3. The standard InChI is InChI=1S/C18H27ClN2O3/c1-20(7-8-24-2)10-14-9-15(13-22)12-21(11-14)18(23)16-3-5-17(19)6-4-16/h3-6,14-15,22H,7-13H2,1-2H3/t14-,15+/m1/s1. The number of amides is 1. The van der Waals surface area contributed by atoms with Crippen molar-refractivity contribution in [3.8, 4) is 0 Å². The third kappa shape index (κ3) is 5.45.